The van der Waals surface area contributed by atoms with E-state index in [0.29, 0.717) is 26.8 Å². The zero-order valence-electron chi connectivity index (χ0n) is 13.2. The molecule has 3 aromatic rings. The van der Waals surface area contributed by atoms with Crippen molar-refractivity contribution in [2.75, 3.05) is 19.0 Å². The minimum absolute atomic E-state index is 0.276. The van der Waals surface area contributed by atoms with E-state index in [4.69, 9.17) is 23.2 Å². The fraction of sp³-hybridized carbons (Fsp3) is 0.111. The van der Waals surface area contributed by atoms with Gasteiger partial charge in [0.1, 0.15) is 5.69 Å². The fourth-order valence-electron chi connectivity index (χ4n) is 2.27. The molecule has 0 aliphatic rings. The molecule has 0 fully saturated rings. The van der Waals surface area contributed by atoms with Crippen LogP contribution < -0.4 is 10.5 Å². The lowest BCUT2D eigenvalue weighted by Gasteiger charge is -2.11. The Morgan fingerprint density at radius 2 is 1.71 bits per heavy atom. The summed E-state index contributed by atoms with van der Waals surface area (Å²) in [6.45, 7) is 0. The van der Waals surface area contributed by atoms with Crippen LogP contribution in [0.5, 0.6) is 0 Å². The molecule has 24 heavy (non-hydrogen) atoms. The van der Waals surface area contributed by atoms with Gasteiger partial charge in [-0.25, -0.2) is 4.98 Å². The number of hydrogen-bond donors (Lipinski definition) is 1. The summed E-state index contributed by atoms with van der Waals surface area (Å²) in [6, 6.07) is 11.2. The quantitative estimate of drug-likeness (QED) is 0.750. The summed E-state index contributed by atoms with van der Waals surface area (Å²) in [5.74, 6) is 0. The highest BCUT2D eigenvalue weighted by Gasteiger charge is 2.06. The van der Waals surface area contributed by atoms with Crippen LogP contribution in [0.4, 0.5) is 5.69 Å². The van der Waals surface area contributed by atoms with Gasteiger partial charge in [-0.1, -0.05) is 41.4 Å². The first kappa shape index (κ1) is 16.6. The zero-order valence-corrected chi connectivity index (χ0v) is 14.7. The van der Waals surface area contributed by atoms with Crippen LogP contribution in [0.1, 0.15) is 11.3 Å². The number of benzene rings is 2. The van der Waals surface area contributed by atoms with Gasteiger partial charge in [0.15, 0.2) is 0 Å². The first-order chi connectivity index (χ1) is 11.4. The third kappa shape index (κ3) is 3.45. The van der Waals surface area contributed by atoms with Gasteiger partial charge < -0.3 is 9.88 Å². The summed E-state index contributed by atoms with van der Waals surface area (Å²) < 4.78 is 0. The van der Waals surface area contributed by atoms with E-state index in [1.807, 2.05) is 49.3 Å². The Kier molecular flexibility index (Phi) is 4.60. The largest absolute Gasteiger partial charge is 0.378 e. The van der Waals surface area contributed by atoms with Crippen molar-refractivity contribution in [2.45, 2.75) is 0 Å². The Hall–Kier alpha value is -2.30. The number of anilines is 1. The number of nitrogens with one attached hydrogen (secondary N) is 1. The van der Waals surface area contributed by atoms with Crippen molar-refractivity contribution in [3.05, 3.63) is 68.1 Å². The van der Waals surface area contributed by atoms with Gasteiger partial charge in [-0.3, -0.25) is 4.79 Å². The molecular formula is C18H15Cl2N3O. The Labute approximate surface area is 149 Å². The van der Waals surface area contributed by atoms with Crippen molar-refractivity contribution in [3.63, 3.8) is 0 Å². The zero-order chi connectivity index (χ0) is 17.3. The lowest BCUT2D eigenvalue weighted by Crippen LogP contribution is -2.11. The van der Waals surface area contributed by atoms with Gasteiger partial charge in [-0.05, 0) is 35.9 Å². The van der Waals surface area contributed by atoms with Crippen LogP contribution in [0.3, 0.4) is 0 Å². The summed E-state index contributed by atoms with van der Waals surface area (Å²) in [7, 11) is 3.97. The van der Waals surface area contributed by atoms with E-state index in [1.165, 1.54) is 0 Å². The molecule has 1 aromatic heterocycles. The van der Waals surface area contributed by atoms with Crippen molar-refractivity contribution in [1.82, 2.24) is 9.97 Å². The topological polar surface area (TPSA) is 49.0 Å². The molecule has 0 saturated heterocycles. The van der Waals surface area contributed by atoms with Gasteiger partial charge in [-0.15, -0.1) is 0 Å². The number of hydrogen-bond acceptors (Lipinski definition) is 3. The highest BCUT2D eigenvalue weighted by atomic mass is 35.5. The van der Waals surface area contributed by atoms with Crippen LogP contribution >= 0.6 is 23.2 Å². The second-order valence-corrected chi connectivity index (χ2v) is 6.37. The maximum Gasteiger partial charge on any atom is 0.274 e. The monoisotopic (exact) mass is 359 g/mol. The number of aromatic nitrogens is 2. The van der Waals surface area contributed by atoms with E-state index in [2.05, 4.69) is 9.97 Å². The summed E-state index contributed by atoms with van der Waals surface area (Å²) in [4.78, 5) is 21.3. The van der Waals surface area contributed by atoms with E-state index in [0.717, 1.165) is 11.3 Å². The third-order valence-corrected chi connectivity index (χ3v) is 4.33. The van der Waals surface area contributed by atoms with Crippen molar-refractivity contribution in [2.24, 2.45) is 0 Å². The van der Waals surface area contributed by atoms with Gasteiger partial charge in [0.05, 0.1) is 21.1 Å². The predicted octanol–water partition coefficient (Wildman–Crippen LogP) is 4.47. The molecular weight excluding hydrogens is 345 g/mol. The van der Waals surface area contributed by atoms with Crippen LogP contribution in [-0.4, -0.2) is 24.1 Å². The molecule has 0 saturated carbocycles. The number of fused-ring (bicyclic) bond motifs is 1. The van der Waals surface area contributed by atoms with Gasteiger partial charge in [0.25, 0.3) is 5.56 Å². The Morgan fingerprint density at radius 1 is 1.04 bits per heavy atom. The number of aromatic amines is 1. The van der Waals surface area contributed by atoms with E-state index >= 15 is 0 Å². The normalized spacial score (nSPS) is 11.3. The van der Waals surface area contributed by atoms with Gasteiger partial charge >= 0.3 is 0 Å². The van der Waals surface area contributed by atoms with Crippen LogP contribution in [0.15, 0.2) is 41.2 Å². The highest BCUT2D eigenvalue weighted by Crippen LogP contribution is 2.25. The molecule has 0 aliphatic heterocycles. The third-order valence-electron chi connectivity index (χ3n) is 3.60. The summed E-state index contributed by atoms with van der Waals surface area (Å²) in [5, 5.41) is 0.781. The maximum absolute atomic E-state index is 12.1. The highest BCUT2D eigenvalue weighted by molar-refractivity contribution is 6.42. The molecule has 6 heteroatoms. The molecule has 0 atom stereocenters. The standard InChI is InChI=1S/C18H15Cl2N3O/c1-23(2)12-6-3-11(4-7-12)5-8-15-18(24)22-17-10-14(20)13(19)9-16(17)21-15/h3-10H,1-2H3,(H,22,24). The van der Waals surface area contributed by atoms with Crippen LogP contribution in [0.2, 0.25) is 10.0 Å². The van der Waals surface area contributed by atoms with Crippen molar-refractivity contribution in [3.8, 4) is 0 Å². The number of halogens is 2. The lowest BCUT2D eigenvalue weighted by molar-refractivity contribution is 1.13. The molecule has 0 amide bonds. The van der Waals surface area contributed by atoms with E-state index < -0.39 is 0 Å². The second-order valence-electron chi connectivity index (χ2n) is 5.55. The van der Waals surface area contributed by atoms with E-state index in [1.54, 1.807) is 18.2 Å². The lowest BCUT2D eigenvalue weighted by atomic mass is 10.1. The summed E-state index contributed by atoms with van der Waals surface area (Å²) in [5.41, 5.74) is 3.28. The molecule has 0 aliphatic carbocycles. The number of nitrogens with zero attached hydrogens (tertiary/aromatic N) is 2. The Morgan fingerprint density at radius 3 is 2.38 bits per heavy atom. The first-order valence-electron chi connectivity index (χ1n) is 7.28. The van der Waals surface area contributed by atoms with Crippen molar-refractivity contribution in [1.29, 1.82) is 0 Å². The molecule has 0 radical (unpaired) electrons. The second kappa shape index (κ2) is 6.67. The van der Waals surface area contributed by atoms with Crippen molar-refractivity contribution < 1.29 is 0 Å². The van der Waals surface area contributed by atoms with E-state index in [-0.39, 0.29) is 5.56 Å². The number of rotatable bonds is 3. The minimum atomic E-state index is -0.276. The molecule has 1 heterocycles. The smallest absolute Gasteiger partial charge is 0.274 e. The van der Waals surface area contributed by atoms with Gasteiger partial charge in [-0.2, -0.15) is 0 Å². The van der Waals surface area contributed by atoms with Crippen LogP contribution in [0, 0.1) is 0 Å². The SMILES string of the molecule is CN(C)c1ccc(C=Cc2nc3cc(Cl)c(Cl)cc3[nH]c2=O)cc1. The molecule has 1 N–H and O–H groups in total. The van der Waals surface area contributed by atoms with Crippen LogP contribution in [0.25, 0.3) is 23.2 Å². The minimum Gasteiger partial charge on any atom is -0.378 e. The molecule has 3 rings (SSSR count). The fourth-order valence-corrected chi connectivity index (χ4v) is 2.59. The predicted molar refractivity (Wildman–Crippen MR) is 102 cm³/mol. The van der Waals surface area contributed by atoms with Crippen molar-refractivity contribution >= 4 is 52.1 Å². The Balaban J connectivity index is 1.95. The Bertz CT molecular complexity index is 976. The summed E-state index contributed by atoms with van der Waals surface area (Å²) in [6.07, 6.45) is 3.53. The average molecular weight is 360 g/mol. The van der Waals surface area contributed by atoms with E-state index in [9.17, 15) is 4.79 Å². The average Bonchev–Trinajstić information content (AvgIpc) is 2.55. The number of H-pyrrole nitrogens is 1. The molecule has 0 unspecified atom stereocenters. The molecule has 0 bridgehead atoms. The van der Waals surface area contributed by atoms with Crippen LogP contribution in [-0.2, 0) is 0 Å². The molecule has 2 aromatic carbocycles. The molecule has 0 spiro atoms. The molecule has 122 valence electrons. The summed E-state index contributed by atoms with van der Waals surface area (Å²) >= 11 is 12.0. The maximum atomic E-state index is 12.1. The van der Waals surface area contributed by atoms with Gasteiger partial charge in [0.2, 0.25) is 0 Å². The molecule has 4 nitrogen and oxygen atoms in total. The van der Waals surface area contributed by atoms with Gasteiger partial charge in [0, 0.05) is 19.8 Å². The first-order valence-corrected chi connectivity index (χ1v) is 8.04.